The molecule has 23 heavy (non-hydrogen) atoms. The van der Waals surface area contributed by atoms with Crippen LogP contribution in [0, 0.1) is 0 Å². The minimum Gasteiger partial charge on any atom is -0.461 e. The van der Waals surface area contributed by atoms with Crippen LogP contribution in [0.25, 0.3) is 5.70 Å². The van der Waals surface area contributed by atoms with Gasteiger partial charge in [-0.15, -0.1) is 5.84 Å². The van der Waals surface area contributed by atoms with Crippen LogP contribution in [-0.2, 0) is 6.61 Å². The lowest BCUT2D eigenvalue weighted by atomic mass is 10.1. The first-order valence-corrected chi connectivity index (χ1v) is 7.06. The van der Waals surface area contributed by atoms with Crippen LogP contribution in [-0.4, -0.2) is 27.7 Å². The number of aliphatic hydroxyl groups is 1. The van der Waals surface area contributed by atoms with E-state index >= 15 is 0 Å². The molecule has 2 aliphatic heterocycles. The number of fused-ring (bicyclic) bond motifs is 1. The maximum absolute atomic E-state index is 9.11. The van der Waals surface area contributed by atoms with Gasteiger partial charge in [0, 0.05) is 5.56 Å². The second-order valence-corrected chi connectivity index (χ2v) is 5.24. The first-order valence-electron chi connectivity index (χ1n) is 7.06. The summed E-state index contributed by atoms with van der Waals surface area (Å²) in [5.41, 5.74) is 2.43. The molecule has 1 aromatic heterocycles. The normalized spacial score (nSPS) is 22.4. The van der Waals surface area contributed by atoms with Gasteiger partial charge in [0.05, 0.1) is 12.9 Å². The monoisotopic (exact) mass is 308 g/mol. The van der Waals surface area contributed by atoms with Crippen molar-refractivity contribution in [3.8, 4) is 0 Å². The molecule has 1 aromatic carbocycles. The number of nitrogens with two attached hydrogens (primary N) is 1. The van der Waals surface area contributed by atoms with E-state index in [2.05, 4.69) is 15.1 Å². The predicted molar refractivity (Wildman–Crippen MR) is 86.0 cm³/mol. The lowest BCUT2D eigenvalue weighted by molar-refractivity contribution is -0.802. The average molecular weight is 308 g/mol. The molecule has 2 aliphatic rings. The Labute approximate surface area is 132 Å². The van der Waals surface area contributed by atoms with Crippen molar-refractivity contribution in [2.24, 2.45) is 20.9 Å². The van der Waals surface area contributed by atoms with Gasteiger partial charge < -0.3 is 9.52 Å². The largest absolute Gasteiger partial charge is 0.461 e. The Balaban J connectivity index is 1.71. The third kappa shape index (κ3) is 2.33. The van der Waals surface area contributed by atoms with Gasteiger partial charge in [-0.1, -0.05) is 24.3 Å². The molecule has 3 heterocycles. The third-order valence-electron chi connectivity index (χ3n) is 3.66. The topological polar surface area (TPSA) is 96.5 Å². The average Bonchev–Trinajstić information content (AvgIpc) is 3.21. The summed E-state index contributed by atoms with van der Waals surface area (Å²) in [4.78, 5) is 8.78. The zero-order chi connectivity index (χ0) is 15.9. The number of hydrogen-bond acceptors (Lipinski definition) is 6. The maximum Gasteiger partial charge on any atom is 0.300 e. The molecule has 0 saturated heterocycles. The SMILES string of the molecule is N[N+]12C=C(c3ccc(CO)cc3)N=CC1=NC(c1ccco1)=N2. The maximum atomic E-state index is 9.11. The van der Waals surface area contributed by atoms with E-state index in [1.165, 1.54) is 0 Å². The second-order valence-electron chi connectivity index (χ2n) is 5.24. The van der Waals surface area contributed by atoms with Crippen LogP contribution >= 0.6 is 0 Å². The molecule has 1 unspecified atom stereocenters. The summed E-state index contributed by atoms with van der Waals surface area (Å²) in [5, 5.41) is 13.5. The lowest BCUT2D eigenvalue weighted by Crippen LogP contribution is -2.50. The van der Waals surface area contributed by atoms with Gasteiger partial charge in [-0.3, -0.25) is 0 Å². The summed E-state index contributed by atoms with van der Waals surface area (Å²) in [6, 6.07) is 11.0. The standard InChI is InChI=1S/C16H14N5O2/c17-21-9-13(12-5-3-11(10-22)4-6-12)18-8-15(21)19-16(20-21)14-2-1-7-23-14/h1-9,22H,10,17H2/q+1. The molecule has 2 aromatic rings. The molecule has 4 rings (SSSR count). The van der Waals surface area contributed by atoms with Gasteiger partial charge >= 0.3 is 0 Å². The number of amidine groups is 2. The minimum atomic E-state index is -0.295. The van der Waals surface area contributed by atoms with Gasteiger partial charge in [-0.25, -0.2) is 4.99 Å². The highest BCUT2D eigenvalue weighted by atomic mass is 16.3. The third-order valence-corrected chi connectivity index (χ3v) is 3.66. The first kappa shape index (κ1) is 13.8. The Morgan fingerprint density at radius 2 is 2.00 bits per heavy atom. The van der Waals surface area contributed by atoms with Crippen molar-refractivity contribution in [2.45, 2.75) is 6.61 Å². The molecule has 0 fully saturated rings. The number of rotatable bonds is 3. The zero-order valence-corrected chi connectivity index (χ0v) is 12.1. The van der Waals surface area contributed by atoms with E-state index in [0.717, 1.165) is 11.1 Å². The van der Waals surface area contributed by atoms with Gasteiger partial charge in [-0.2, -0.15) is 4.99 Å². The van der Waals surface area contributed by atoms with Gasteiger partial charge in [0.15, 0.2) is 12.0 Å². The molecule has 0 amide bonds. The number of aliphatic hydroxyl groups excluding tert-OH is 1. The van der Waals surface area contributed by atoms with Crippen LogP contribution in [0.4, 0.5) is 0 Å². The number of quaternary nitrogens is 1. The molecular weight excluding hydrogens is 294 g/mol. The molecule has 0 radical (unpaired) electrons. The molecule has 1 atom stereocenters. The summed E-state index contributed by atoms with van der Waals surface area (Å²) in [7, 11) is 0. The van der Waals surface area contributed by atoms with Crippen LogP contribution in [0.5, 0.6) is 0 Å². The van der Waals surface area contributed by atoms with E-state index in [1.807, 2.05) is 24.3 Å². The molecule has 7 heteroatoms. The van der Waals surface area contributed by atoms with Crippen molar-refractivity contribution < 1.29 is 14.2 Å². The van der Waals surface area contributed by atoms with Gasteiger partial charge in [-0.05, 0) is 27.5 Å². The molecule has 0 aliphatic carbocycles. The van der Waals surface area contributed by atoms with Crippen molar-refractivity contribution in [1.82, 2.24) is 0 Å². The molecule has 114 valence electrons. The fourth-order valence-electron chi connectivity index (χ4n) is 2.42. The Morgan fingerprint density at radius 3 is 2.70 bits per heavy atom. The van der Waals surface area contributed by atoms with Gasteiger partial charge in [0.2, 0.25) is 0 Å². The fraction of sp³-hybridized carbons (Fsp3) is 0.0625. The molecule has 7 nitrogen and oxygen atoms in total. The summed E-state index contributed by atoms with van der Waals surface area (Å²) >= 11 is 0. The fourth-order valence-corrected chi connectivity index (χ4v) is 2.42. The van der Waals surface area contributed by atoms with Crippen molar-refractivity contribution >= 4 is 23.6 Å². The predicted octanol–water partition coefficient (Wildman–Crippen LogP) is 1.62. The Bertz CT molecular complexity index is 862. The van der Waals surface area contributed by atoms with Crippen LogP contribution in [0.15, 0.2) is 68.4 Å². The van der Waals surface area contributed by atoms with Crippen LogP contribution in [0.3, 0.4) is 0 Å². The quantitative estimate of drug-likeness (QED) is 0.666. The smallest absolute Gasteiger partial charge is 0.300 e. The highest BCUT2D eigenvalue weighted by molar-refractivity contribution is 6.32. The number of nitrogens with zero attached hydrogens (tertiary/aromatic N) is 4. The number of furan rings is 1. The lowest BCUT2D eigenvalue weighted by Gasteiger charge is -2.19. The van der Waals surface area contributed by atoms with Gasteiger partial charge in [0.25, 0.3) is 11.7 Å². The highest BCUT2D eigenvalue weighted by Gasteiger charge is 2.40. The summed E-state index contributed by atoms with van der Waals surface area (Å²) < 4.78 is 5.02. The van der Waals surface area contributed by atoms with Crippen molar-refractivity contribution in [3.63, 3.8) is 0 Å². The number of benzene rings is 1. The summed E-state index contributed by atoms with van der Waals surface area (Å²) in [6.45, 7) is 0.00703. The van der Waals surface area contributed by atoms with E-state index in [0.29, 0.717) is 23.1 Å². The second kappa shape index (κ2) is 5.10. The minimum absolute atomic E-state index is 0.00703. The van der Waals surface area contributed by atoms with Crippen molar-refractivity contribution in [2.75, 3.05) is 0 Å². The summed E-state index contributed by atoms with van der Waals surface area (Å²) in [5.74, 6) is 7.83. The van der Waals surface area contributed by atoms with E-state index in [9.17, 15) is 0 Å². The number of hydrogen-bond donors (Lipinski definition) is 2. The van der Waals surface area contributed by atoms with Crippen LogP contribution in [0.1, 0.15) is 16.9 Å². The number of aliphatic imine (C=N–C) groups is 2. The molecule has 0 saturated carbocycles. The Morgan fingerprint density at radius 1 is 1.17 bits per heavy atom. The van der Waals surface area contributed by atoms with Crippen LogP contribution < -0.4 is 5.84 Å². The Kier molecular flexibility index (Phi) is 3.05. The molecule has 3 N–H and O–H groups in total. The van der Waals surface area contributed by atoms with E-state index in [4.69, 9.17) is 15.4 Å². The molecule has 0 spiro atoms. The first-order chi connectivity index (χ1) is 11.2. The van der Waals surface area contributed by atoms with E-state index in [1.54, 1.807) is 30.8 Å². The Hall–Kier alpha value is -2.87. The zero-order valence-electron chi connectivity index (χ0n) is 12.1. The highest BCUT2D eigenvalue weighted by Crippen LogP contribution is 2.26. The van der Waals surface area contributed by atoms with E-state index in [-0.39, 0.29) is 11.3 Å². The molecular formula is C16H14N5O2+. The molecule has 0 bridgehead atoms. The van der Waals surface area contributed by atoms with Crippen molar-refractivity contribution in [1.29, 1.82) is 0 Å². The van der Waals surface area contributed by atoms with Crippen LogP contribution in [0.2, 0.25) is 0 Å². The van der Waals surface area contributed by atoms with Gasteiger partial charge in [0.1, 0.15) is 11.9 Å². The summed E-state index contributed by atoms with van der Waals surface area (Å²) in [6.07, 6.45) is 4.89. The van der Waals surface area contributed by atoms with E-state index < -0.39 is 0 Å². The van der Waals surface area contributed by atoms with Crippen molar-refractivity contribution in [3.05, 3.63) is 65.7 Å².